The van der Waals surface area contributed by atoms with Crippen molar-refractivity contribution in [2.45, 2.75) is 12.8 Å². The molecular formula is C12H15ClN2. The van der Waals surface area contributed by atoms with Crippen molar-refractivity contribution < 1.29 is 0 Å². The molecule has 80 valence electrons. The molecule has 0 spiro atoms. The Bertz CT molecular complexity index is 357. The number of hydrogen-bond acceptors (Lipinski definition) is 2. The molecule has 0 heterocycles. The summed E-state index contributed by atoms with van der Waals surface area (Å²) >= 11 is 5.92. The fraction of sp³-hybridized carbons (Fsp3) is 0.417. The first-order valence-electron chi connectivity index (χ1n) is 4.94. The van der Waals surface area contributed by atoms with Crippen LogP contribution in [0.2, 0.25) is 5.02 Å². The van der Waals surface area contributed by atoms with Crippen LogP contribution in [-0.4, -0.2) is 25.0 Å². The molecule has 0 aromatic heterocycles. The molecule has 1 unspecified atom stereocenters. The topological polar surface area (TPSA) is 27.0 Å². The minimum Gasteiger partial charge on any atom is -0.293 e. The maximum absolute atomic E-state index is 8.55. The van der Waals surface area contributed by atoms with E-state index in [4.69, 9.17) is 16.9 Å². The Kier molecular flexibility index (Phi) is 4.61. The number of nitriles is 1. The van der Waals surface area contributed by atoms with Gasteiger partial charge in [0.2, 0.25) is 0 Å². The lowest BCUT2D eigenvalue weighted by atomic mass is 10.0. The van der Waals surface area contributed by atoms with Crippen molar-refractivity contribution in [2.24, 2.45) is 0 Å². The van der Waals surface area contributed by atoms with Crippen LogP contribution in [0.25, 0.3) is 0 Å². The van der Waals surface area contributed by atoms with E-state index in [0.29, 0.717) is 12.5 Å². The van der Waals surface area contributed by atoms with E-state index in [1.165, 1.54) is 5.56 Å². The van der Waals surface area contributed by atoms with E-state index in [1.54, 1.807) is 0 Å². The molecule has 0 fully saturated rings. The van der Waals surface area contributed by atoms with Crippen molar-refractivity contribution >= 4 is 11.6 Å². The van der Waals surface area contributed by atoms with Gasteiger partial charge in [0.15, 0.2) is 0 Å². The maximum Gasteiger partial charge on any atom is 0.0863 e. The van der Waals surface area contributed by atoms with E-state index in [1.807, 2.05) is 30.1 Å². The Hall–Kier alpha value is -1.04. The third-order valence-corrected chi connectivity index (χ3v) is 2.58. The van der Waals surface area contributed by atoms with Crippen LogP contribution in [0.1, 0.15) is 18.4 Å². The summed E-state index contributed by atoms with van der Waals surface area (Å²) in [5.74, 6) is 0.391. The first kappa shape index (κ1) is 12.0. The minimum absolute atomic E-state index is 0.391. The molecule has 1 rings (SSSR count). The molecule has 0 bridgehead atoms. The second kappa shape index (κ2) is 5.75. The van der Waals surface area contributed by atoms with Crippen molar-refractivity contribution in [3.63, 3.8) is 0 Å². The molecule has 0 aliphatic heterocycles. The smallest absolute Gasteiger partial charge is 0.0863 e. The van der Waals surface area contributed by atoms with Crippen molar-refractivity contribution in [1.29, 1.82) is 5.26 Å². The van der Waals surface area contributed by atoms with Crippen molar-refractivity contribution in [3.05, 3.63) is 34.9 Å². The van der Waals surface area contributed by atoms with Crippen molar-refractivity contribution in [2.75, 3.05) is 20.1 Å². The Balaban J connectivity index is 2.61. The van der Waals surface area contributed by atoms with Crippen LogP contribution in [0.4, 0.5) is 0 Å². The highest BCUT2D eigenvalue weighted by molar-refractivity contribution is 6.30. The fourth-order valence-corrected chi connectivity index (χ4v) is 1.77. The van der Waals surface area contributed by atoms with Crippen LogP contribution in [-0.2, 0) is 0 Å². The van der Waals surface area contributed by atoms with E-state index < -0.39 is 0 Å². The molecule has 0 saturated heterocycles. The van der Waals surface area contributed by atoms with Gasteiger partial charge in [-0.05, 0) is 30.7 Å². The molecule has 1 aromatic carbocycles. The van der Waals surface area contributed by atoms with Gasteiger partial charge in [0.1, 0.15) is 0 Å². The molecule has 0 radical (unpaired) electrons. The van der Waals surface area contributed by atoms with Gasteiger partial charge >= 0.3 is 0 Å². The standard InChI is InChI=1S/C12H15ClN2/c1-10(9-15(2)7-6-14)11-4-3-5-12(13)8-11/h3-5,8,10H,7,9H2,1-2H3. The number of rotatable bonds is 4. The first-order chi connectivity index (χ1) is 7.13. The lowest BCUT2D eigenvalue weighted by molar-refractivity contribution is 0.353. The predicted octanol–water partition coefficient (Wildman–Crippen LogP) is 2.90. The second-order valence-corrected chi connectivity index (χ2v) is 4.25. The summed E-state index contributed by atoms with van der Waals surface area (Å²) < 4.78 is 0. The molecule has 0 saturated carbocycles. The van der Waals surface area contributed by atoms with Gasteiger partial charge in [-0.1, -0.05) is 30.7 Å². The van der Waals surface area contributed by atoms with Gasteiger partial charge in [-0.25, -0.2) is 0 Å². The zero-order valence-corrected chi connectivity index (χ0v) is 9.83. The number of benzene rings is 1. The lowest BCUT2D eigenvalue weighted by Crippen LogP contribution is -2.23. The van der Waals surface area contributed by atoms with Gasteiger partial charge < -0.3 is 0 Å². The largest absolute Gasteiger partial charge is 0.293 e. The van der Waals surface area contributed by atoms with E-state index in [9.17, 15) is 0 Å². The average molecular weight is 223 g/mol. The van der Waals surface area contributed by atoms with Crippen molar-refractivity contribution in [1.82, 2.24) is 4.90 Å². The molecule has 0 N–H and O–H groups in total. The Morgan fingerprint density at radius 3 is 2.87 bits per heavy atom. The Morgan fingerprint density at radius 2 is 2.27 bits per heavy atom. The molecule has 2 nitrogen and oxygen atoms in total. The summed E-state index contributed by atoms with van der Waals surface area (Å²) in [6.07, 6.45) is 0. The van der Waals surface area contributed by atoms with E-state index >= 15 is 0 Å². The van der Waals surface area contributed by atoms with Crippen molar-refractivity contribution in [3.8, 4) is 6.07 Å². The molecule has 0 aliphatic carbocycles. The molecule has 0 amide bonds. The first-order valence-corrected chi connectivity index (χ1v) is 5.32. The Morgan fingerprint density at radius 1 is 1.53 bits per heavy atom. The highest BCUT2D eigenvalue weighted by Crippen LogP contribution is 2.19. The normalized spacial score (nSPS) is 12.5. The van der Waals surface area contributed by atoms with Crippen LogP contribution < -0.4 is 0 Å². The predicted molar refractivity (Wildman–Crippen MR) is 63.0 cm³/mol. The Labute approximate surface area is 96.1 Å². The number of likely N-dealkylation sites (N-methyl/N-ethyl adjacent to an activating group) is 1. The van der Waals surface area contributed by atoms with Gasteiger partial charge in [-0.2, -0.15) is 5.26 Å². The third-order valence-electron chi connectivity index (χ3n) is 2.34. The van der Waals surface area contributed by atoms with Crippen LogP contribution in [0.5, 0.6) is 0 Å². The summed E-state index contributed by atoms with van der Waals surface area (Å²) in [6, 6.07) is 10.0. The lowest BCUT2D eigenvalue weighted by Gasteiger charge is -2.18. The number of nitrogens with zero attached hydrogens (tertiary/aromatic N) is 2. The SMILES string of the molecule is CC(CN(C)CC#N)c1cccc(Cl)c1. The number of halogens is 1. The van der Waals surface area contributed by atoms with Crippen LogP contribution >= 0.6 is 11.6 Å². The fourth-order valence-electron chi connectivity index (χ4n) is 1.57. The highest BCUT2D eigenvalue weighted by atomic mass is 35.5. The van der Waals surface area contributed by atoms with Gasteiger partial charge in [-0.15, -0.1) is 0 Å². The summed E-state index contributed by atoms with van der Waals surface area (Å²) in [7, 11) is 1.95. The van der Waals surface area contributed by atoms with E-state index in [0.717, 1.165) is 11.6 Å². The summed E-state index contributed by atoms with van der Waals surface area (Å²) in [5.41, 5.74) is 1.22. The van der Waals surface area contributed by atoms with Gasteiger partial charge in [-0.3, -0.25) is 4.90 Å². The van der Waals surface area contributed by atoms with Crippen LogP contribution in [0.15, 0.2) is 24.3 Å². The van der Waals surface area contributed by atoms with E-state index in [2.05, 4.69) is 19.1 Å². The highest BCUT2D eigenvalue weighted by Gasteiger charge is 2.08. The zero-order chi connectivity index (χ0) is 11.3. The zero-order valence-electron chi connectivity index (χ0n) is 9.07. The summed E-state index contributed by atoms with van der Waals surface area (Å²) in [5, 5.41) is 9.32. The molecule has 3 heteroatoms. The van der Waals surface area contributed by atoms with Gasteiger partial charge in [0.05, 0.1) is 12.6 Å². The molecule has 15 heavy (non-hydrogen) atoms. The third kappa shape index (κ3) is 3.91. The number of hydrogen-bond donors (Lipinski definition) is 0. The van der Waals surface area contributed by atoms with Crippen LogP contribution in [0, 0.1) is 11.3 Å². The van der Waals surface area contributed by atoms with Gasteiger partial charge in [0, 0.05) is 11.6 Å². The maximum atomic E-state index is 8.55. The summed E-state index contributed by atoms with van der Waals surface area (Å²) in [6.45, 7) is 3.47. The van der Waals surface area contributed by atoms with Crippen LogP contribution in [0.3, 0.4) is 0 Å². The van der Waals surface area contributed by atoms with Gasteiger partial charge in [0.25, 0.3) is 0 Å². The van der Waals surface area contributed by atoms with E-state index in [-0.39, 0.29) is 0 Å². The minimum atomic E-state index is 0.391. The average Bonchev–Trinajstić information content (AvgIpc) is 2.18. The molecule has 1 atom stereocenters. The molecule has 0 aliphatic rings. The quantitative estimate of drug-likeness (QED) is 0.733. The second-order valence-electron chi connectivity index (χ2n) is 3.81. The molecule has 1 aromatic rings. The summed E-state index contributed by atoms with van der Waals surface area (Å²) in [4.78, 5) is 2.01. The molecular weight excluding hydrogens is 208 g/mol. The monoisotopic (exact) mass is 222 g/mol.